The van der Waals surface area contributed by atoms with Gasteiger partial charge >= 0.3 is 0 Å². The van der Waals surface area contributed by atoms with Gasteiger partial charge in [0.25, 0.3) is 0 Å². The number of anilines is 1. The van der Waals surface area contributed by atoms with Crippen LogP contribution in [0.4, 0.5) is 5.82 Å². The van der Waals surface area contributed by atoms with Crippen LogP contribution in [0.3, 0.4) is 0 Å². The van der Waals surface area contributed by atoms with Crippen molar-refractivity contribution in [3.8, 4) is 6.07 Å². The lowest BCUT2D eigenvalue weighted by Gasteiger charge is -2.07. The second-order valence-corrected chi connectivity index (χ2v) is 4.44. The van der Waals surface area contributed by atoms with Crippen molar-refractivity contribution >= 4 is 23.1 Å². The third-order valence-corrected chi connectivity index (χ3v) is 3.08. The van der Waals surface area contributed by atoms with Crippen molar-refractivity contribution in [2.24, 2.45) is 0 Å². The van der Waals surface area contributed by atoms with E-state index in [1.807, 2.05) is 18.2 Å². The third-order valence-electron chi connectivity index (χ3n) is 2.77. The first-order chi connectivity index (χ1) is 9.78. The molecule has 98 valence electrons. The number of nitriles is 1. The molecule has 0 bridgehead atoms. The predicted octanol–water partition coefficient (Wildman–Crippen LogP) is 2.26. The van der Waals surface area contributed by atoms with Crippen molar-refractivity contribution in [2.75, 3.05) is 5.32 Å². The molecule has 3 aromatic rings. The maximum absolute atomic E-state index is 8.89. The third kappa shape index (κ3) is 2.27. The highest BCUT2D eigenvalue weighted by Gasteiger charge is 2.05. The monoisotopic (exact) mass is 284 g/mol. The fourth-order valence-electron chi connectivity index (χ4n) is 1.82. The van der Waals surface area contributed by atoms with E-state index in [2.05, 4.69) is 20.4 Å². The molecule has 7 heteroatoms. The molecule has 0 aromatic carbocycles. The first kappa shape index (κ1) is 12.4. The second kappa shape index (κ2) is 5.15. The van der Waals surface area contributed by atoms with E-state index in [0.29, 0.717) is 17.4 Å². The zero-order valence-corrected chi connectivity index (χ0v) is 11.0. The minimum absolute atomic E-state index is 0.204. The fraction of sp³-hybridized carbons (Fsp3) is 0.0769. The number of hydrogen-bond acceptors (Lipinski definition) is 5. The van der Waals surface area contributed by atoms with Gasteiger partial charge in [0.1, 0.15) is 11.9 Å². The van der Waals surface area contributed by atoms with Crippen molar-refractivity contribution in [3.63, 3.8) is 0 Å². The second-order valence-electron chi connectivity index (χ2n) is 4.03. The highest BCUT2D eigenvalue weighted by molar-refractivity contribution is 6.31. The topological polar surface area (TPSA) is 78.9 Å². The van der Waals surface area contributed by atoms with Gasteiger partial charge in [-0.15, -0.1) is 0 Å². The Morgan fingerprint density at radius 2 is 2.15 bits per heavy atom. The van der Waals surface area contributed by atoms with E-state index in [1.54, 1.807) is 29.0 Å². The summed E-state index contributed by atoms with van der Waals surface area (Å²) >= 11 is 5.84. The first-order valence-electron chi connectivity index (χ1n) is 5.86. The van der Waals surface area contributed by atoms with E-state index in [1.165, 1.54) is 0 Å². The Kier molecular flexibility index (Phi) is 3.19. The van der Waals surface area contributed by atoms with Gasteiger partial charge in [-0.3, -0.25) is 0 Å². The Hall–Kier alpha value is -2.65. The van der Waals surface area contributed by atoms with Crippen molar-refractivity contribution in [2.45, 2.75) is 6.54 Å². The van der Waals surface area contributed by atoms with Crippen molar-refractivity contribution in [1.29, 1.82) is 5.26 Å². The van der Waals surface area contributed by atoms with Crippen molar-refractivity contribution in [1.82, 2.24) is 19.6 Å². The summed E-state index contributed by atoms with van der Waals surface area (Å²) in [4.78, 5) is 8.32. The molecule has 6 nitrogen and oxygen atoms in total. The Morgan fingerprint density at radius 3 is 3.00 bits per heavy atom. The SMILES string of the molecule is N#Cc1nc(NCc2ccnc3ccnn23)ccc1Cl. The van der Waals surface area contributed by atoms with E-state index in [-0.39, 0.29) is 5.69 Å². The largest absolute Gasteiger partial charge is 0.364 e. The molecule has 0 aliphatic rings. The molecular weight excluding hydrogens is 276 g/mol. The number of aromatic nitrogens is 4. The fourth-order valence-corrected chi connectivity index (χ4v) is 1.97. The highest BCUT2D eigenvalue weighted by Crippen LogP contribution is 2.16. The molecule has 0 spiro atoms. The van der Waals surface area contributed by atoms with Crippen LogP contribution in [0, 0.1) is 11.3 Å². The van der Waals surface area contributed by atoms with E-state index < -0.39 is 0 Å². The maximum Gasteiger partial charge on any atom is 0.161 e. The van der Waals surface area contributed by atoms with Gasteiger partial charge in [-0.05, 0) is 18.2 Å². The van der Waals surface area contributed by atoms with Gasteiger partial charge in [0.15, 0.2) is 11.3 Å². The lowest BCUT2D eigenvalue weighted by Crippen LogP contribution is -2.07. The smallest absolute Gasteiger partial charge is 0.161 e. The van der Waals surface area contributed by atoms with Crippen LogP contribution < -0.4 is 5.32 Å². The number of fused-ring (bicyclic) bond motifs is 1. The van der Waals surface area contributed by atoms with Crippen LogP contribution in [-0.4, -0.2) is 19.6 Å². The molecule has 3 heterocycles. The molecule has 1 N–H and O–H groups in total. The van der Waals surface area contributed by atoms with Gasteiger partial charge in [0.05, 0.1) is 23.5 Å². The summed E-state index contributed by atoms with van der Waals surface area (Å²) < 4.78 is 1.74. The molecule has 0 radical (unpaired) electrons. The maximum atomic E-state index is 8.89. The number of pyridine rings is 1. The summed E-state index contributed by atoms with van der Waals surface area (Å²) in [5.74, 6) is 0.586. The Bertz CT molecular complexity index is 804. The van der Waals surface area contributed by atoms with Crippen molar-refractivity contribution < 1.29 is 0 Å². The zero-order valence-electron chi connectivity index (χ0n) is 10.3. The molecule has 20 heavy (non-hydrogen) atoms. The molecule has 0 saturated carbocycles. The number of halogens is 1. The molecular formula is C13H9ClN6. The summed E-state index contributed by atoms with van der Waals surface area (Å²) in [5, 5.41) is 16.6. The van der Waals surface area contributed by atoms with Crippen molar-refractivity contribution in [3.05, 3.63) is 53.1 Å². The number of nitrogens with zero attached hydrogens (tertiary/aromatic N) is 5. The van der Waals surface area contributed by atoms with Crippen LogP contribution in [0.2, 0.25) is 5.02 Å². The number of rotatable bonds is 3. The van der Waals surface area contributed by atoms with Crippen LogP contribution >= 0.6 is 11.6 Å². The average molecular weight is 285 g/mol. The van der Waals surface area contributed by atoms with Crippen LogP contribution in [-0.2, 0) is 6.54 Å². The minimum Gasteiger partial charge on any atom is -0.364 e. The van der Waals surface area contributed by atoms with Crippen LogP contribution in [0.1, 0.15) is 11.4 Å². The summed E-state index contributed by atoms with van der Waals surface area (Å²) in [6.45, 7) is 0.514. The van der Waals surface area contributed by atoms with Gasteiger partial charge in [0, 0.05) is 12.3 Å². The normalized spacial score (nSPS) is 10.4. The first-order valence-corrected chi connectivity index (χ1v) is 6.24. The quantitative estimate of drug-likeness (QED) is 0.798. The van der Waals surface area contributed by atoms with Crippen LogP contribution in [0.15, 0.2) is 36.7 Å². The molecule has 0 saturated heterocycles. The molecule has 0 fully saturated rings. The minimum atomic E-state index is 0.204. The van der Waals surface area contributed by atoms with Gasteiger partial charge in [-0.2, -0.15) is 10.4 Å². The lowest BCUT2D eigenvalue weighted by atomic mass is 10.3. The molecule has 0 unspecified atom stereocenters. The molecule has 0 atom stereocenters. The molecule has 3 rings (SSSR count). The van der Waals surface area contributed by atoms with Gasteiger partial charge in [-0.1, -0.05) is 11.6 Å². The van der Waals surface area contributed by atoms with E-state index in [0.717, 1.165) is 11.3 Å². The van der Waals surface area contributed by atoms with Gasteiger partial charge < -0.3 is 5.32 Å². The standard InChI is InChI=1S/C13H9ClN6/c14-10-1-2-12(19-11(10)7-15)17-8-9-3-5-16-13-4-6-18-20(9)13/h1-6H,8H2,(H,17,19). The molecule has 0 aliphatic carbocycles. The van der Waals surface area contributed by atoms with E-state index in [9.17, 15) is 0 Å². The Morgan fingerprint density at radius 1 is 1.25 bits per heavy atom. The summed E-state index contributed by atoms with van der Waals surface area (Å²) in [5.41, 5.74) is 1.93. The molecule has 0 aliphatic heterocycles. The average Bonchev–Trinajstić information content (AvgIpc) is 2.95. The van der Waals surface area contributed by atoms with E-state index in [4.69, 9.17) is 16.9 Å². The summed E-state index contributed by atoms with van der Waals surface area (Å²) in [6, 6.07) is 9.02. The summed E-state index contributed by atoms with van der Waals surface area (Å²) in [6.07, 6.45) is 3.42. The van der Waals surface area contributed by atoms with Gasteiger partial charge in [-0.25, -0.2) is 14.5 Å². The van der Waals surface area contributed by atoms with Crippen LogP contribution in [0.5, 0.6) is 0 Å². The Labute approximate surface area is 119 Å². The van der Waals surface area contributed by atoms with Crippen LogP contribution in [0.25, 0.3) is 5.65 Å². The van der Waals surface area contributed by atoms with E-state index >= 15 is 0 Å². The molecule has 3 aromatic heterocycles. The lowest BCUT2D eigenvalue weighted by molar-refractivity contribution is 0.852. The highest BCUT2D eigenvalue weighted by atomic mass is 35.5. The summed E-state index contributed by atoms with van der Waals surface area (Å²) in [7, 11) is 0. The Balaban J connectivity index is 1.83. The number of nitrogens with one attached hydrogen (secondary N) is 1. The number of hydrogen-bond donors (Lipinski definition) is 1. The molecule has 0 amide bonds. The van der Waals surface area contributed by atoms with Gasteiger partial charge in [0.2, 0.25) is 0 Å². The predicted molar refractivity (Wildman–Crippen MR) is 74.3 cm³/mol. The zero-order chi connectivity index (χ0) is 13.9.